The zero-order valence-corrected chi connectivity index (χ0v) is 10.2. The van der Waals surface area contributed by atoms with E-state index >= 15 is 0 Å². The predicted octanol–water partition coefficient (Wildman–Crippen LogP) is 2.68. The smallest absolute Gasteiger partial charge is 0.123 e. The van der Waals surface area contributed by atoms with Gasteiger partial charge in [0.15, 0.2) is 0 Å². The summed E-state index contributed by atoms with van der Waals surface area (Å²) in [4.78, 5) is 0. The van der Waals surface area contributed by atoms with E-state index in [1.807, 2.05) is 12.1 Å². The van der Waals surface area contributed by atoms with Crippen LogP contribution in [0.15, 0.2) is 18.2 Å². The van der Waals surface area contributed by atoms with E-state index in [1.165, 1.54) is 5.56 Å². The monoisotopic (exact) mass is 217 g/mol. The van der Waals surface area contributed by atoms with Gasteiger partial charge in [0.1, 0.15) is 5.75 Å². The van der Waals surface area contributed by atoms with Crippen molar-refractivity contribution < 1.29 is 4.74 Å². The van der Waals surface area contributed by atoms with Gasteiger partial charge >= 0.3 is 0 Å². The molecular weight excluding hydrogens is 198 g/mol. The summed E-state index contributed by atoms with van der Waals surface area (Å²) >= 11 is 0. The molecule has 86 valence electrons. The van der Waals surface area contributed by atoms with Crippen LogP contribution >= 0.6 is 0 Å². The van der Waals surface area contributed by atoms with Gasteiger partial charge in [-0.15, -0.1) is 12.3 Å². The summed E-state index contributed by atoms with van der Waals surface area (Å²) in [6.45, 7) is 5.04. The van der Waals surface area contributed by atoms with Crippen LogP contribution in [0.5, 0.6) is 5.75 Å². The van der Waals surface area contributed by atoms with Crippen molar-refractivity contribution in [1.29, 1.82) is 0 Å². The number of hydrogen-bond acceptors (Lipinski definition) is 2. The number of benzene rings is 1. The first-order valence-corrected chi connectivity index (χ1v) is 5.54. The molecule has 0 spiro atoms. The van der Waals surface area contributed by atoms with E-state index in [4.69, 9.17) is 11.2 Å². The summed E-state index contributed by atoms with van der Waals surface area (Å²) in [6, 6.07) is 6.33. The molecule has 1 aromatic rings. The van der Waals surface area contributed by atoms with Crippen LogP contribution in [0.1, 0.15) is 30.5 Å². The summed E-state index contributed by atoms with van der Waals surface area (Å²) in [7, 11) is 1.69. The fourth-order valence-corrected chi connectivity index (χ4v) is 1.78. The lowest BCUT2D eigenvalue weighted by Crippen LogP contribution is -2.21. The number of nitrogens with one attached hydrogen (secondary N) is 1. The maximum Gasteiger partial charge on any atom is 0.123 e. The number of terminal acetylenes is 1. The van der Waals surface area contributed by atoms with Gasteiger partial charge in [-0.05, 0) is 19.5 Å². The molecule has 1 aromatic carbocycles. The van der Waals surface area contributed by atoms with Gasteiger partial charge in [0.25, 0.3) is 0 Å². The Bertz CT molecular complexity index is 379. The number of methoxy groups -OCH3 is 1. The van der Waals surface area contributed by atoms with Crippen LogP contribution in [0.4, 0.5) is 0 Å². The number of ether oxygens (including phenoxy) is 1. The molecule has 1 rings (SSSR count). The van der Waals surface area contributed by atoms with Crippen LogP contribution in [-0.2, 0) is 0 Å². The summed E-state index contributed by atoms with van der Waals surface area (Å²) in [5, 5.41) is 3.38. The molecular formula is C14H19NO. The van der Waals surface area contributed by atoms with Crippen LogP contribution in [-0.4, -0.2) is 13.7 Å². The largest absolute Gasteiger partial charge is 0.496 e. The highest BCUT2D eigenvalue weighted by atomic mass is 16.5. The standard InChI is InChI=1S/C14H19NO/c1-5-7-13(15-6-2)12-10-11(3)8-9-14(12)16-4/h1,8-10,13,15H,6-7H2,2-4H3. The van der Waals surface area contributed by atoms with Crippen molar-refractivity contribution in [1.82, 2.24) is 5.32 Å². The van der Waals surface area contributed by atoms with Crippen LogP contribution in [0.25, 0.3) is 0 Å². The minimum atomic E-state index is 0.171. The van der Waals surface area contributed by atoms with Crippen molar-refractivity contribution in [2.45, 2.75) is 26.3 Å². The molecule has 1 N–H and O–H groups in total. The Morgan fingerprint density at radius 2 is 2.25 bits per heavy atom. The molecule has 0 aromatic heterocycles. The van der Waals surface area contributed by atoms with Gasteiger partial charge in [-0.1, -0.05) is 24.6 Å². The van der Waals surface area contributed by atoms with Gasteiger partial charge in [-0.2, -0.15) is 0 Å². The maximum absolute atomic E-state index is 5.40. The Morgan fingerprint density at radius 1 is 1.50 bits per heavy atom. The molecule has 0 amide bonds. The Hall–Kier alpha value is -1.46. The van der Waals surface area contributed by atoms with Crippen molar-refractivity contribution in [3.8, 4) is 18.1 Å². The van der Waals surface area contributed by atoms with E-state index in [0.717, 1.165) is 17.9 Å². The molecule has 0 fully saturated rings. The molecule has 2 nitrogen and oxygen atoms in total. The first kappa shape index (κ1) is 12.6. The van der Waals surface area contributed by atoms with Gasteiger partial charge < -0.3 is 10.1 Å². The topological polar surface area (TPSA) is 21.3 Å². The van der Waals surface area contributed by atoms with Crippen molar-refractivity contribution in [2.75, 3.05) is 13.7 Å². The third kappa shape index (κ3) is 3.01. The predicted molar refractivity (Wildman–Crippen MR) is 67.6 cm³/mol. The van der Waals surface area contributed by atoms with E-state index in [1.54, 1.807) is 7.11 Å². The summed E-state index contributed by atoms with van der Waals surface area (Å²) in [5.74, 6) is 3.60. The lowest BCUT2D eigenvalue weighted by atomic mass is 10.0. The SMILES string of the molecule is C#CCC(NCC)c1cc(C)ccc1OC. The van der Waals surface area contributed by atoms with E-state index in [9.17, 15) is 0 Å². The number of rotatable bonds is 5. The highest BCUT2D eigenvalue weighted by Crippen LogP contribution is 2.27. The van der Waals surface area contributed by atoms with Gasteiger partial charge in [0.05, 0.1) is 7.11 Å². The lowest BCUT2D eigenvalue weighted by Gasteiger charge is -2.19. The molecule has 0 aliphatic rings. The number of aryl methyl sites for hydroxylation is 1. The second-order valence-corrected chi connectivity index (χ2v) is 3.76. The van der Waals surface area contributed by atoms with Gasteiger partial charge in [0, 0.05) is 18.0 Å². The Balaban J connectivity index is 3.06. The Morgan fingerprint density at radius 3 is 2.81 bits per heavy atom. The van der Waals surface area contributed by atoms with Crippen LogP contribution in [0, 0.1) is 19.3 Å². The van der Waals surface area contributed by atoms with Crippen LogP contribution in [0.2, 0.25) is 0 Å². The third-order valence-corrected chi connectivity index (χ3v) is 2.53. The Labute approximate surface area is 98.0 Å². The fourth-order valence-electron chi connectivity index (χ4n) is 1.78. The average Bonchev–Trinajstić information content (AvgIpc) is 2.29. The zero-order valence-electron chi connectivity index (χ0n) is 10.2. The highest BCUT2D eigenvalue weighted by Gasteiger charge is 2.14. The lowest BCUT2D eigenvalue weighted by molar-refractivity contribution is 0.400. The van der Waals surface area contributed by atoms with Crippen molar-refractivity contribution in [2.24, 2.45) is 0 Å². The van der Waals surface area contributed by atoms with E-state index in [0.29, 0.717) is 6.42 Å². The molecule has 0 saturated carbocycles. The molecule has 1 atom stereocenters. The van der Waals surface area contributed by atoms with Gasteiger partial charge in [-0.25, -0.2) is 0 Å². The molecule has 2 heteroatoms. The third-order valence-electron chi connectivity index (χ3n) is 2.53. The molecule has 0 aliphatic carbocycles. The first-order valence-electron chi connectivity index (χ1n) is 5.54. The quantitative estimate of drug-likeness (QED) is 0.766. The summed E-state index contributed by atoms with van der Waals surface area (Å²) < 4.78 is 5.37. The molecule has 0 saturated heterocycles. The Kier molecular flexibility index (Phi) is 4.88. The highest BCUT2D eigenvalue weighted by molar-refractivity contribution is 5.39. The number of hydrogen-bond donors (Lipinski definition) is 1. The fraction of sp³-hybridized carbons (Fsp3) is 0.429. The minimum absolute atomic E-state index is 0.171. The molecule has 0 bridgehead atoms. The maximum atomic E-state index is 5.40. The first-order chi connectivity index (χ1) is 7.72. The second kappa shape index (κ2) is 6.19. The van der Waals surface area contributed by atoms with E-state index in [-0.39, 0.29) is 6.04 Å². The van der Waals surface area contributed by atoms with Crippen molar-refractivity contribution in [3.63, 3.8) is 0 Å². The van der Waals surface area contributed by atoms with E-state index < -0.39 is 0 Å². The minimum Gasteiger partial charge on any atom is -0.496 e. The van der Waals surface area contributed by atoms with Crippen molar-refractivity contribution in [3.05, 3.63) is 29.3 Å². The molecule has 0 aliphatic heterocycles. The van der Waals surface area contributed by atoms with E-state index in [2.05, 4.69) is 31.2 Å². The molecule has 0 heterocycles. The van der Waals surface area contributed by atoms with Crippen LogP contribution in [0.3, 0.4) is 0 Å². The van der Waals surface area contributed by atoms with Crippen molar-refractivity contribution >= 4 is 0 Å². The zero-order chi connectivity index (χ0) is 12.0. The van der Waals surface area contributed by atoms with Gasteiger partial charge in [0.2, 0.25) is 0 Å². The van der Waals surface area contributed by atoms with Crippen LogP contribution < -0.4 is 10.1 Å². The second-order valence-electron chi connectivity index (χ2n) is 3.76. The summed E-state index contributed by atoms with van der Waals surface area (Å²) in [5.41, 5.74) is 2.36. The summed E-state index contributed by atoms with van der Waals surface area (Å²) in [6.07, 6.45) is 6.07. The molecule has 16 heavy (non-hydrogen) atoms. The molecule has 1 unspecified atom stereocenters. The average molecular weight is 217 g/mol. The van der Waals surface area contributed by atoms with Gasteiger partial charge in [-0.3, -0.25) is 0 Å². The normalized spacial score (nSPS) is 11.9. The molecule has 0 radical (unpaired) electrons.